The second-order valence-electron chi connectivity index (χ2n) is 14.4. The Morgan fingerprint density at radius 1 is 0.382 bits per heavy atom. The van der Waals surface area contributed by atoms with E-state index < -0.39 is 0 Å². The van der Waals surface area contributed by atoms with Crippen LogP contribution in [0.4, 0.5) is 34.1 Å². The molecule has 0 saturated heterocycles. The van der Waals surface area contributed by atoms with Crippen molar-refractivity contribution < 1.29 is 0 Å². The fraction of sp³-hybridized carbons (Fsp3) is 0.0385. The van der Waals surface area contributed by atoms with Gasteiger partial charge in [-0.15, -0.1) is 11.3 Å². The summed E-state index contributed by atoms with van der Waals surface area (Å²) in [5.41, 5.74) is 12.5. The highest BCUT2D eigenvalue weighted by molar-refractivity contribution is 7.26. The lowest BCUT2D eigenvalue weighted by Crippen LogP contribution is -2.13. The third-order valence-corrected chi connectivity index (χ3v) is 12.5. The Bertz CT molecular complexity index is 3000. The van der Waals surface area contributed by atoms with Crippen LogP contribution in [0, 0.1) is 0 Å². The number of benzene rings is 9. The summed E-state index contributed by atoms with van der Waals surface area (Å²) in [5, 5.41) is 7.61. The van der Waals surface area contributed by atoms with Crippen molar-refractivity contribution in [2.24, 2.45) is 0 Å². The minimum Gasteiger partial charge on any atom is -0.310 e. The summed E-state index contributed by atoms with van der Waals surface area (Å²) >= 11 is 1.89. The molecular weight excluding hydrogens is 685 g/mol. The molecule has 0 spiro atoms. The van der Waals surface area contributed by atoms with Crippen LogP contribution in [0.15, 0.2) is 194 Å². The summed E-state index contributed by atoms with van der Waals surface area (Å²) in [4.78, 5) is 4.91. The number of nitrogens with zero attached hydrogens (tertiary/aromatic N) is 2. The Balaban J connectivity index is 1.20. The van der Waals surface area contributed by atoms with Gasteiger partial charge in [0, 0.05) is 48.3 Å². The molecular formula is C52H36N2S. The molecule has 0 bridgehead atoms. The monoisotopic (exact) mass is 720 g/mol. The molecule has 9 aromatic carbocycles. The Morgan fingerprint density at radius 2 is 0.945 bits per heavy atom. The molecule has 10 aromatic rings. The van der Waals surface area contributed by atoms with Crippen LogP contribution in [0.1, 0.15) is 11.1 Å². The van der Waals surface area contributed by atoms with E-state index in [0.717, 1.165) is 35.6 Å². The molecule has 1 heterocycles. The topological polar surface area (TPSA) is 6.48 Å². The maximum Gasteiger partial charge on any atom is 0.0561 e. The first-order valence-electron chi connectivity index (χ1n) is 19.1. The number of hydrogen-bond donors (Lipinski definition) is 0. The molecule has 11 rings (SSSR count). The van der Waals surface area contributed by atoms with Gasteiger partial charge in [0.05, 0.1) is 11.4 Å². The predicted molar refractivity (Wildman–Crippen MR) is 237 cm³/mol. The number of hydrogen-bond acceptors (Lipinski definition) is 3. The van der Waals surface area contributed by atoms with Gasteiger partial charge in [0.25, 0.3) is 0 Å². The van der Waals surface area contributed by atoms with Gasteiger partial charge in [0.1, 0.15) is 0 Å². The SMILES string of the molecule is c1ccc(N(c2ccc3sc4c5ccccc5cc(N(c5ccccc5)c5ccccc5)c4c3c2)c2cc3c(c4ccccc24)-c2ccccc2CC3)cc1. The van der Waals surface area contributed by atoms with Crippen LogP contribution in [-0.4, -0.2) is 0 Å². The third kappa shape index (κ3) is 5.23. The van der Waals surface area contributed by atoms with E-state index in [0.29, 0.717) is 0 Å². The highest BCUT2D eigenvalue weighted by atomic mass is 32.1. The molecule has 0 atom stereocenters. The fourth-order valence-corrected chi connectivity index (χ4v) is 10.1. The van der Waals surface area contributed by atoms with Crippen molar-refractivity contribution in [3.63, 3.8) is 0 Å². The first-order chi connectivity index (χ1) is 27.3. The number of rotatable bonds is 6. The molecule has 0 saturated carbocycles. The average molecular weight is 721 g/mol. The van der Waals surface area contributed by atoms with Gasteiger partial charge in [-0.05, 0) is 118 Å². The number of aryl methyl sites for hydroxylation is 2. The van der Waals surface area contributed by atoms with Gasteiger partial charge in [0.2, 0.25) is 0 Å². The predicted octanol–water partition coefficient (Wildman–Crippen LogP) is 15.1. The Hall–Kier alpha value is -6.68. The molecule has 3 heteroatoms. The summed E-state index contributed by atoms with van der Waals surface area (Å²) in [7, 11) is 0. The number of fused-ring (bicyclic) bond motifs is 10. The van der Waals surface area contributed by atoms with Crippen LogP contribution in [0.2, 0.25) is 0 Å². The average Bonchev–Trinajstić information content (AvgIpc) is 3.64. The van der Waals surface area contributed by atoms with Crippen LogP contribution in [0.3, 0.4) is 0 Å². The number of anilines is 6. The smallest absolute Gasteiger partial charge is 0.0561 e. The summed E-state index contributed by atoms with van der Waals surface area (Å²) in [6.45, 7) is 0. The zero-order valence-corrected chi connectivity index (χ0v) is 31.0. The highest BCUT2D eigenvalue weighted by Crippen LogP contribution is 2.51. The molecule has 55 heavy (non-hydrogen) atoms. The molecule has 2 nitrogen and oxygen atoms in total. The van der Waals surface area contributed by atoms with Gasteiger partial charge in [-0.1, -0.05) is 127 Å². The Labute approximate surface area is 324 Å². The van der Waals surface area contributed by atoms with E-state index in [9.17, 15) is 0 Å². The fourth-order valence-electron chi connectivity index (χ4n) is 8.84. The second kappa shape index (κ2) is 13.0. The van der Waals surface area contributed by atoms with E-state index >= 15 is 0 Å². The first kappa shape index (κ1) is 31.8. The standard InChI is InChI=1S/C52H36N2S/c1-4-18-38(19-5-1)53(39-20-6-2-7-21-39)48-32-36-17-11-13-25-43(36)52-51(48)46-34-41(30-31-49(46)55-52)54(40-22-8-3-9-23-40)47-33-37-29-28-35-16-10-12-24-42(35)50(37)45-27-15-14-26-44(45)47/h1-27,30-34H,28-29H2. The van der Waals surface area contributed by atoms with Crippen LogP contribution in [-0.2, 0) is 12.8 Å². The number of para-hydroxylation sites is 3. The maximum atomic E-state index is 2.49. The van der Waals surface area contributed by atoms with E-state index in [1.165, 1.54) is 75.3 Å². The second-order valence-corrected chi connectivity index (χ2v) is 15.5. The van der Waals surface area contributed by atoms with Crippen molar-refractivity contribution in [3.8, 4) is 11.1 Å². The van der Waals surface area contributed by atoms with E-state index in [1.54, 1.807) is 0 Å². The van der Waals surface area contributed by atoms with Gasteiger partial charge in [-0.2, -0.15) is 0 Å². The summed E-state index contributed by atoms with van der Waals surface area (Å²) in [6, 6.07) is 71.2. The van der Waals surface area contributed by atoms with Crippen LogP contribution in [0.25, 0.3) is 52.8 Å². The van der Waals surface area contributed by atoms with Crippen molar-refractivity contribution in [2.75, 3.05) is 9.80 Å². The lowest BCUT2D eigenvalue weighted by Gasteiger charge is -2.30. The summed E-state index contributed by atoms with van der Waals surface area (Å²) in [5.74, 6) is 0. The summed E-state index contributed by atoms with van der Waals surface area (Å²) < 4.78 is 2.58. The molecule has 0 radical (unpaired) electrons. The quantitative estimate of drug-likeness (QED) is 0.169. The summed E-state index contributed by atoms with van der Waals surface area (Å²) in [6.07, 6.45) is 2.07. The molecule has 260 valence electrons. The lowest BCUT2D eigenvalue weighted by atomic mass is 9.82. The molecule has 1 aliphatic carbocycles. The van der Waals surface area contributed by atoms with E-state index in [4.69, 9.17) is 0 Å². The van der Waals surface area contributed by atoms with Crippen LogP contribution >= 0.6 is 11.3 Å². The van der Waals surface area contributed by atoms with Gasteiger partial charge >= 0.3 is 0 Å². The minimum absolute atomic E-state index is 1.02. The molecule has 1 aliphatic rings. The molecule has 1 aromatic heterocycles. The van der Waals surface area contributed by atoms with Gasteiger partial charge in [-0.25, -0.2) is 0 Å². The molecule has 0 unspecified atom stereocenters. The van der Waals surface area contributed by atoms with Crippen molar-refractivity contribution in [1.29, 1.82) is 0 Å². The zero-order valence-electron chi connectivity index (χ0n) is 30.2. The van der Waals surface area contributed by atoms with Gasteiger partial charge < -0.3 is 9.80 Å². The molecule has 0 amide bonds. The van der Waals surface area contributed by atoms with Crippen LogP contribution in [0.5, 0.6) is 0 Å². The molecule has 0 fully saturated rings. The largest absolute Gasteiger partial charge is 0.310 e. The van der Waals surface area contributed by atoms with Gasteiger partial charge in [0.15, 0.2) is 0 Å². The van der Waals surface area contributed by atoms with Crippen molar-refractivity contribution in [2.45, 2.75) is 12.8 Å². The number of thiophene rings is 1. The lowest BCUT2D eigenvalue weighted by molar-refractivity contribution is 0.944. The zero-order chi connectivity index (χ0) is 36.3. The van der Waals surface area contributed by atoms with Gasteiger partial charge in [-0.3, -0.25) is 0 Å². The van der Waals surface area contributed by atoms with E-state index in [1.807, 2.05) is 11.3 Å². The van der Waals surface area contributed by atoms with Crippen molar-refractivity contribution >= 4 is 87.2 Å². The van der Waals surface area contributed by atoms with Crippen molar-refractivity contribution in [1.82, 2.24) is 0 Å². The molecule has 0 aliphatic heterocycles. The Kier molecular flexibility index (Phi) is 7.53. The third-order valence-electron chi connectivity index (χ3n) is 11.3. The van der Waals surface area contributed by atoms with Crippen molar-refractivity contribution in [3.05, 3.63) is 205 Å². The highest BCUT2D eigenvalue weighted by Gasteiger charge is 2.25. The van der Waals surface area contributed by atoms with Crippen LogP contribution < -0.4 is 9.80 Å². The maximum absolute atomic E-state index is 2.49. The first-order valence-corrected chi connectivity index (χ1v) is 19.9. The minimum atomic E-state index is 1.02. The molecule has 0 N–H and O–H groups in total. The Morgan fingerprint density at radius 3 is 1.65 bits per heavy atom. The van der Waals surface area contributed by atoms with E-state index in [-0.39, 0.29) is 0 Å². The van der Waals surface area contributed by atoms with E-state index in [2.05, 4.69) is 204 Å². The normalized spacial score (nSPS) is 12.2.